The molecule has 0 atom stereocenters. The fraction of sp³-hybridized carbons (Fsp3) is 0.385. The zero-order valence-electron chi connectivity index (χ0n) is 11.6. The van der Waals surface area contributed by atoms with Crippen molar-refractivity contribution >= 4 is 23.3 Å². The summed E-state index contributed by atoms with van der Waals surface area (Å²) in [6.45, 7) is 0.730. The summed E-state index contributed by atoms with van der Waals surface area (Å²) in [5.74, 6) is -1.22. The predicted molar refractivity (Wildman–Crippen MR) is 77.2 cm³/mol. The molecule has 21 heavy (non-hydrogen) atoms. The molecule has 6 nitrogen and oxygen atoms in total. The molecule has 0 fully saturated rings. The molecule has 1 aromatic carbocycles. The molecule has 0 radical (unpaired) electrons. The first kappa shape index (κ1) is 17.2. The fourth-order valence-corrected chi connectivity index (χ4v) is 1.81. The Labute approximate surface area is 126 Å². The van der Waals surface area contributed by atoms with Gasteiger partial charge < -0.3 is 20.6 Å². The Balaban J connectivity index is 2.87. The van der Waals surface area contributed by atoms with Crippen molar-refractivity contribution in [1.29, 1.82) is 0 Å². The van der Waals surface area contributed by atoms with Crippen LogP contribution in [0.3, 0.4) is 0 Å². The standard InChI is InChI=1S/C13H17ClFN3O3/c1-21-7-6-18(5-4-12(16)17-20)13(19)10-3-2-9(14)8-11(10)15/h2-3,8,20H,4-7H2,1H3,(H2,16,17). The number of amides is 1. The molecule has 0 aliphatic heterocycles. The molecule has 0 aliphatic rings. The van der Waals surface area contributed by atoms with Gasteiger partial charge in [0.15, 0.2) is 0 Å². The summed E-state index contributed by atoms with van der Waals surface area (Å²) in [7, 11) is 1.50. The number of benzene rings is 1. The first-order chi connectivity index (χ1) is 9.99. The van der Waals surface area contributed by atoms with Gasteiger partial charge in [0.1, 0.15) is 11.7 Å². The highest BCUT2D eigenvalue weighted by Gasteiger charge is 2.19. The highest BCUT2D eigenvalue weighted by molar-refractivity contribution is 6.30. The van der Waals surface area contributed by atoms with Gasteiger partial charge in [-0.2, -0.15) is 0 Å². The van der Waals surface area contributed by atoms with Crippen molar-refractivity contribution in [3.05, 3.63) is 34.6 Å². The zero-order valence-corrected chi connectivity index (χ0v) is 12.3. The van der Waals surface area contributed by atoms with E-state index < -0.39 is 11.7 Å². The third-order valence-corrected chi connectivity index (χ3v) is 3.02. The van der Waals surface area contributed by atoms with Crippen molar-refractivity contribution in [3.8, 4) is 0 Å². The van der Waals surface area contributed by atoms with Crippen LogP contribution >= 0.6 is 11.6 Å². The van der Waals surface area contributed by atoms with Gasteiger partial charge in [-0.1, -0.05) is 16.8 Å². The minimum absolute atomic E-state index is 0.0122. The molecule has 1 rings (SSSR count). The smallest absolute Gasteiger partial charge is 0.256 e. The number of ether oxygens (including phenoxy) is 1. The van der Waals surface area contributed by atoms with Gasteiger partial charge in [-0.25, -0.2) is 4.39 Å². The summed E-state index contributed by atoms with van der Waals surface area (Å²) >= 11 is 5.66. The Hall–Kier alpha value is -1.86. The predicted octanol–water partition coefficient (Wildman–Crippen LogP) is 1.70. The molecule has 0 spiro atoms. The molecule has 1 aromatic rings. The number of methoxy groups -OCH3 is 1. The summed E-state index contributed by atoms with van der Waals surface area (Å²) in [5.41, 5.74) is 5.29. The van der Waals surface area contributed by atoms with E-state index >= 15 is 0 Å². The molecule has 0 bridgehead atoms. The van der Waals surface area contributed by atoms with E-state index in [2.05, 4.69) is 5.16 Å². The van der Waals surface area contributed by atoms with Gasteiger partial charge in [-0.05, 0) is 18.2 Å². The average molecular weight is 318 g/mol. The maximum Gasteiger partial charge on any atom is 0.256 e. The average Bonchev–Trinajstić information content (AvgIpc) is 2.46. The molecule has 0 saturated heterocycles. The molecule has 0 heterocycles. The van der Waals surface area contributed by atoms with Crippen LogP contribution in [0.5, 0.6) is 0 Å². The first-order valence-electron chi connectivity index (χ1n) is 6.19. The normalized spacial score (nSPS) is 11.5. The van der Waals surface area contributed by atoms with Gasteiger partial charge in [-0.15, -0.1) is 0 Å². The van der Waals surface area contributed by atoms with Gasteiger partial charge in [0.2, 0.25) is 0 Å². The lowest BCUT2D eigenvalue weighted by Gasteiger charge is -2.22. The van der Waals surface area contributed by atoms with Crippen LogP contribution in [0.4, 0.5) is 4.39 Å². The molecule has 0 saturated carbocycles. The molecular formula is C13H17ClFN3O3. The van der Waals surface area contributed by atoms with Crippen LogP contribution in [-0.2, 0) is 4.74 Å². The van der Waals surface area contributed by atoms with Crippen LogP contribution in [-0.4, -0.2) is 48.7 Å². The van der Waals surface area contributed by atoms with Crippen LogP contribution in [0.1, 0.15) is 16.8 Å². The van der Waals surface area contributed by atoms with E-state index in [1.165, 1.54) is 24.1 Å². The van der Waals surface area contributed by atoms with Crippen LogP contribution < -0.4 is 5.73 Å². The lowest BCUT2D eigenvalue weighted by Crippen LogP contribution is -2.37. The molecule has 1 amide bonds. The van der Waals surface area contributed by atoms with Gasteiger partial charge in [0.25, 0.3) is 5.91 Å². The Morgan fingerprint density at radius 3 is 2.81 bits per heavy atom. The maximum absolute atomic E-state index is 13.8. The van der Waals surface area contributed by atoms with E-state index in [4.69, 9.17) is 27.3 Å². The number of nitrogens with two attached hydrogens (primary N) is 1. The minimum Gasteiger partial charge on any atom is -0.409 e. The van der Waals surface area contributed by atoms with Crippen molar-refractivity contribution < 1.29 is 19.1 Å². The fourth-order valence-electron chi connectivity index (χ4n) is 1.65. The van der Waals surface area contributed by atoms with Crippen molar-refractivity contribution in [3.63, 3.8) is 0 Å². The minimum atomic E-state index is -0.696. The number of rotatable bonds is 7. The van der Waals surface area contributed by atoms with Gasteiger partial charge >= 0.3 is 0 Å². The second-order valence-corrected chi connectivity index (χ2v) is 4.69. The van der Waals surface area contributed by atoms with E-state index in [9.17, 15) is 9.18 Å². The van der Waals surface area contributed by atoms with Crippen LogP contribution in [0, 0.1) is 5.82 Å². The number of amidine groups is 1. The van der Waals surface area contributed by atoms with Crippen molar-refractivity contribution in [1.82, 2.24) is 4.90 Å². The Morgan fingerprint density at radius 1 is 1.52 bits per heavy atom. The zero-order chi connectivity index (χ0) is 15.8. The van der Waals surface area contributed by atoms with Gasteiger partial charge in [0, 0.05) is 31.6 Å². The van der Waals surface area contributed by atoms with E-state index in [1.807, 2.05) is 0 Å². The third kappa shape index (κ3) is 5.20. The van der Waals surface area contributed by atoms with E-state index in [-0.39, 0.29) is 42.5 Å². The lowest BCUT2D eigenvalue weighted by molar-refractivity contribution is 0.0696. The Kier molecular flexibility index (Phi) is 6.90. The SMILES string of the molecule is COCCN(CCC(N)=NO)C(=O)c1ccc(Cl)cc1F. The van der Waals surface area contributed by atoms with Crippen molar-refractivity contribution in [2.45, 2.75) is 6.42 Å². The summed E-state index contributed by atoms with van der Waals surface area (Å²) in [4.78, 5) is 13.7. The summed E-state index contributed by atoms with van der Waals surface area (Å²) in [5, 5.41) is 11.6. The largest absolute Gasteiger partial charge is 0.409 e. The van der Waals surface area contributed by atoms with E-state index in [0.29, 0.717) is 0 Å². The summed E-state index contributed by atoms with van der Waals surface area (Å²) in [6, 6.07) is 3.84. The summed E-state index contributed by atoms with van der Waals surface area (Å²) < 4.78 is 18.7. The molecule has 3 N–H and O–H groups in total. The number of oxime groups is 1. The maximum atomic E-state index is 13.8. The number of hydrogen-bond donors (Lipinski definition) is 2. The Bertz CT molecular complexity index is 525. The van der Waals surface area contributed by atoms with Crippen molar-refractivity contribution in [2.24, 2.45) is 10.9 Å². The second-order valence-electron chi connectivity index (χ2n) is 4.25. The van der Waals surface area contributed by atoms with Crippen LogP contribution in [0.25, 0.3) is 0 Å². The van der Waals surface area contributed by atoms with E-state index in [0.717, 1.165) is 6.07 Å². The molecule has 116 valence electrons. The summed E-state index contributed by atoms with van der Waals surface area (Å²) in [6.07, 6.45) is 0.168. The molecule has 8 heteroatoms. The number of halogens is 2. The monoisotopic (exact) mass is 317 g/mol. The number of hydrogen-bond acceptors (Lipinski definition) is 4. The first-order valence-corrected chi connectivity index (χ1v) is 6.57. The van der Waals surface area contributed by atoms with Gasteiger partial charge in [0.05, 0.1) is 12.2 Å². The molecule has 0 unspecified atom stereocenters. The third-order valence-electron chi connectivity index (χ3n) is 2.78. The topological polar surface area (TPSA) is 88.2 Å². The van der Waals surface area contributed by atoms with Gasteiger partial charge in [-0.3, -0.25) is 4.79 Å². The molecule has 0 aromatic heterocycles. The number of nitrogens with zero attached hydrogens (tertiary/aromatic N) is 2. The lowest BCUT2D eigenvalue weighted by atomic mass is 10.1. The Morgan fingerprint density at radius 2 is 2.24 bits per heavy atom. The molecule has 0 aliphatic carbocycles. The molecular weight excluding hydrogens is 301 g/mol. The number of carbonyl (C=O) groups is 1. The second kappa shape index (κ2) is 8.43. The highest BCUT2D eigenvalue weighted by atomic mass is 35.5. The van der Waals surface area contributed by atoms with Crippen LogP contribution in [0.15, 0.2) is 23.4 Å². The van der Waals surface area contributed by atoms with Crippen LogP contribution in [0.2, 0.25) is 5.02 Å². The van der Waals surface area contributed by atoms with Crippen molar-refractivity contribution in [2.75, 3.05) is 26.8 Å². The highest BCUT2D eigenvalue weighted by Crippen LogP contribution is 2.16. The van der Waals surface area contributed by atoms with E-state index in [1.54, 1.807) is 0 Å². The number of carbonyl (C=O) groups excluding carboxylic acids is 1. The quantitative estimate of drug-likeness (QED) is 0.347.